The number of methoxy groups -OCH3 is 1. The molecule has 4 aromatic rings. The maximum atomic E-state index is 12.7. The van der Waals surface area contributed by atoms with E-state index in [4.69, 9.17) is 14.2 Å². The summed E-state index contributed by atoms with van der Waals surface area (Å²) in [6.45, 7) is 2.07. The number of benzene rings is 4. The molecule has 0 saturated heterocycles. The van der Waals surface area contributed by atoms with Gasteiger partial charge in [0.25, 0.3) is 17.5 Å². The van der Waals surface area contributed by atoms with Gasteiger partial charge in [-0.15, -0.1) is 0 Å². The molecule has 0 spiro atoms. The first-order chi connectivity index (χ1) is 21.7. The Balaban J connectivity index is 1.35. The molecule has 0 saturated carbocycles. The Morgan fingerprint density at radius 3 is 2.29 bits per heavy atom. The van der Waals surface area contributed by atoms with Crippen molar-refractivity contribution in [1.82, 2.24) is 5.43 Å². The Morgan fingerprint density at radius 1 is 0.867 bits per heavy atom. The van der Waals surface area contributed by atoms with E-state index in [1.165, 1.54) is 61.9 Å². The molecular weight excluding hydrogens is 580 g/mol. The highest BCUT2D eigenvalue weighted by atomic mass is 16.6. The van der Waals surface area contributed by atoms with Gasteiger partial charge in [0, 0.05) is 35.0 Å². The molecule has 12 heteroatoms. The smallest absolute Gasteiger partial charge is 0.336 e. The Morgan fingerprint density at radius 2 is 1.60 bits per heavy atom. The number of rotatable bonds is 12. The molecule has 0 heterocycles. The molecule has 0 aliphatic carbocycles. The lowest BCUT2D eigenvalue weighted by molar-refractivity contribution is -0.384. The number of hydrogen-bond acceptors (Lipinski definition) is 9. The van der Waals surface area contributed by atoms with E-state index in [-0.39, 0.29) is 28.7 Å². The van der Waals surface area contributed by atoms with Crippen LogP contribution >= 0.6 is 0 Å². The maximum Gasteiger partial charge on any atom is 0.336 e. The van der Waals surface area contributed by atoms with E-state index >= 15 is 0 Å². The summed E-state index contributed by atoms with van der Waals surface area (Å²) in [6.07, 6.45) is 4.07. The molecule has 0 fully saturated rings. The number of anilines is 1. The summed E-state index contributed by atoms with van der Waals surface area (Å²) in [5.74, 6) is -0.430. The zero-order chi connectivity index (χ0) is 32.2. The fraction of sp³-hybridized carbons (Fsp3) is 0.0909. The van der Waals surface area contributed by atoms with Crippen LogP contribution in [0.25, 0.3) is 6.08 Å². The molecule has 12 nitrogen and oxygen atoms in total. The van der Waals surface area contributed by atoms with Crippen molar-refractivity contribution in [2.45, 2.75) is 6.92 Å². The molecule has 0 aliphatic heterocycles. The minimum Gasteiger partial charge on any atom is -0.497 e. The zero-order valence-corrected chi connectivity index (χ0v) is 24.3. The average Bonchev–Trinajstić information content (AvgIpc) is 3.05. The van der Waals surface area contributed by atoms with E-state index in [2.05, 4.69) is 15.8 Å². The molecule has 0 unspecified atom stereocenters. The van der Waals surface area contributed by atoms with Crippen molar-refractivity contribution in [1.29, 1.82) is 0 Å². The Hall–Kier alpha value is -6.30. The quantitative estimate of drug-likeness (QED) is 0.0522. The van der Waals surface area contributed by atoms with Crippen LogP contribution in [0.5, 0.6) is 17.2 Å². The van der Waals surface area contributed by atoms with Crippen molar-refractivity contribution in [3.63, 3.8) is 0 Å². The fourth-order valence-electron chi connectivity index (χ4n) is 3.89. The third kappa shape index (κ3) is 9.09. The van der Waals surface area contributed by atoms with Gasteiger partial charge in [-0.3, -0.25) is 19.7 Å². The number of hydrazone groups is 1. The molecule has 2 amide bonds. The van der Waals surface area contributed by atoms with E-state index in [0.29, 0.717) is 34.7 Å². The summed E-state index contributed by atoms with van der Waals surface area (Å²) < 4.78 is 16.1. The molecular formula is C33H28N4O8. The molecule has 0 aromatic heterocycles. The molecule has 4 rings (SSSR count). The number of nitro groups is 1. The lowest BCUT2D eigenvalue weighted by atomic mass is 10.1. The van der Waals surface area contributed by atoms with Crippen LogP contribution in [-0.2, 0) is 4.79 Å². The molecule has 2 N–H and O–H groups in total. The van der Waals surface area contributed by atoms with Gasteiger partial charge in [0.2, 0.25) is 0 Å². The second-order valence-corrected chi connectivity index (χ2v) is 9.20. The number of ether oxygens (including phenoxy) is 3. The van der Waals surface area contributed by atoms with Gasteiger partial charge in [-0.05, 0) is 96.9 Å². The number of carbonyl (C=O) groups excluding carboxylic acids is 3. The van der Waals surface area contributed by atoms with Crippen LogP contribution in [0.2, 0.25) is 0 Å². The number of nitro benzene ring substituents is 1. The van der Waals surface area contributed by atoms with Crippen LogP contribution in [-0.4, -0.2) is 42.6 Å². The molecule has 0 atom stereocenters. The number of amides is 2. The Bertz CT molecular complexity index is 1750. The topological polar surface area (TPSA) is 158 Å². The normalized spacial score (nSPS) is 10.8. The van der Waals surface area contributed by atoms with Crippen molar-refractivity contribution in [2.24, 2.45) is 5.10 Å². The predicted molar refractivity (Wildman–Crippen MR) is 168 cm³/mol. The summed E-state index contributed by atoms with van der Waals surface area (Å²) in [7, 11) is 1.54. The van der Waals surface area contributed by atoms with Crippen LogP contribution in [0.1, 0.15) is 38.8 Å². The van der Waals surface area contributed by atoms with Gasteiger partial charge in [-0.2, -0.15) is 5.10 Å². The highest BCUT2D eigenvalue weighted by Crippen LogP contribution is 2.28. The number of nitrogens with one attached hydrogen (secondary N) is 2. The summed E-state index contributed by atoms with van der Waals surface area (Å²) in [5.41, 5.74) is 4.67. The summed E-state index contributed by atoms with van der Waals surface area (Å²) in [5, 5.41) is 17.6. The fourth-order valence-corrected chi connectivity index (χ4v) is 3.89. The first-order valence-corrected chi connectivity index (χ1v) is 13.6. The van der Waals surface area contributed by atoms with Gasteiger partial charge >= 0.3 is 5.97 Å². The highest BCUT2D eigenvalue weighted by Gasteiger charge is 2.12. The monoisotopic (exact) mass is 608 g/mol. The van der Waals surface area contributed by atoms with Crippen LogP contribution < -0.4 is 25.0 Å². The number of non-ortho nitro benzene ring substituents is 1. The van der Waals surface area contributed by atoms with Gasteiger partial charge in [0.1, 0.15) is 5.75 Å². The lowest BCUT2D eigenvalue weighted by Gasteiger charge is -2.10. The third-order valence-electron chi connectivity index (χ3n) is 6.11. The van der Waals surface area contributed by atoms with Gasteiger partial charge in [-0.1, -0.05) is 6.07 Å². The average molecular weight is 609 g/mol. The van der Waals surface area contributed by atoms with Crippen molar-refractivity contribution >= 4 is 41.4 Å². The largest absolute Gasteiger partial charge is 0.497 e. The summed E-state index contributed by atoms with van der Waals surface area (Å²) >= 11 is 0. The van der Waals surface area contributed by atoms with Crippen LogP contribution in [0.15, 0.2) is 102 Å². The van der Waals surface area contributed by atoms with Crippen molar-refractivity contribution in [2.75, 3.05) is 19.0 Å². The van der Waals surface area contributed by atoms with Gasteiger partial charge in [0.05, 0.1) is 24.9 Å². The molecule has 0 aliphatic rings. The standard InChI is InChI=1S/C33H28N4O8/c1-3-44-30-19-23(9-17-29(30)45-31(38)18-10-22-7-13-27(14-8-22)37(41)42)21-34-36-33(40)25-5-4-6-26(20-25)35-32(39)24-11-15-28(43-2)16-12-24/h4-21H,3H2,1-2H3,(H,35,39)(H,36,40)/b18-10+,34-21?. The lowest BCUT2D eigenvalue weighted by Crippen LogP contribution is -2.18. The minimum atomic E-state index is -0.676. The third-order valence-corrected chi connectivity index (χ3v) is 6.11. The van der Waals surface area contributed by atoms with E-state index in [1.54, 1.807) is 61.5 Å². The Kier molecular flexibility index (Phi) is 10.7. The van der Waals surface area contributed by atoms with Gasteiger partial charge < -0.3 is 19.5 Å². The van der Waals surface area contributed by atoms with Crippen LogP contribution in [0, 0.1) is 10.1 Å². The van der Waals surface area contributed by atoms with Crippen LogP contribution in [0.4, 0.5) is 11.4 Å². The second-order valence-electron chi connectivity index (χ2n) is 9.20. The first-order valence-electron chi connectivity index (χ1n) is 13.6. The summed E-state index contributed by atoms with van der Waals surface area (Å²) in [6, 6.07) is 23.5. The number of nitrogens with zero attached hydrogens (tertiary/aromatic N) is 2. The van der Waals surface area contributed by atoms with Gasteiger partial charge in [-0.25, -0.2) is 10.2 Å². The van der Waals surface area contributed by atoms with Crippen molar-refractivity contribution in [3.8, 4) is 17.2 Å². The SMILES string of the molecule is CCOc1cc(C=NNC(=O)c2cccc(NC(=O)c3ccc(OC)cc3)c2)ccc1OC(=O)/C=C/c1ccc([N+](=O)[O-])cc1. The van der Waals surface area contributed by atoms with Crippen molar-refractivity contribution in [3.05, 3.63) is 129 Å². The molecule has 228 valence electrons. The maximum absolute atomic E-state index is 12.7. The minimum absolute atomic E-state index is 0.0554. The first kappa shape index (κ1) is 31.6. The van der Waals surface area contributed by atoms with E-state index < -0.39 is 16.8 Å². The van der Waals surface area contributed by atoms with Crippen LogP contribution in [0.3, 0.4) is 0 Å². The van der Waals surface area contributed by atoms with Crippen molar-refractivity contribution < 1.29 is 33.5 Å². The summed E-state index contributed by atoms with van der Waals surface area (Å²) in [4.78, 5) is 47.9. The number of hydrogen-bond donors (Lipinski definition) is 2. The van der Waals surface area contributed by atoms with Gasteiger partial charge in [0.15, 0.2) is 11.5 Å². The molecule has 45 heavy (non-hydrogen) atoms. The Labute approximate surface area is 258 Å². The second kappa shape index (κ2) is 15.3. The van der Waals surface area contributed by atoms with E-state index in [0.717, 1.165) is 0 Å². The molecule has 0 radical (unpaired) electrons. The van der Waals surface area contributed by atoms with E-state index in [1.807, 2.05) is 0 Å². The zero-order valence-electron chi connectivity index (χ0n) is 24.3. The predicted octanol–water partition coefficient (Wildman–Crippen LogP) is 5.64. The van der Waals surface area contributed by atoms with E-state index in [9.17, 15) is 24.5 Å². The molecule has 0 bridgehead atoms. The number of carbonyl (C=O) groups is 3. The molecule has 4 aromatic carbocycles. The number of esters is 1. The highest BCUT2D eigenvalue weighted by molar-refractivity contribution is 6.05.